The molecule has 1 aliphatic carbocycles. The van der Waals surface area contributed by atoms with E-state index < -0.39 is 6.10 Å². The molecule has 1 fully saturated rings. The quantitative estimate of drug-likeness (QED) is 0.723. The van der Waals surface area contributed by atoms with Crippen LogP contribution in [0.4, 0.5) is 5.69 Å². The minimum atomic E-state index is -0.538. The van der Waals surface area contributed by atoms with Gasteiger partial charge in [0.25, 0.3) is 0 Å². The van der Waals surface area contributed by atoms with Gasteiger partial charge in [0.2, 0.25) is 0 Å². The first kappa shape index (κ1) is 10.5. The smallest absolute Gasteiger partial charge is 0.102 e. The molecule has 0 aliphatic heterocycles. The van der Waals surface area contributed by atoms with Crippen LogP contribution in [0.5, 0.6) is 0 Å². The Bertz CT molecular complexity index is 306. The minimum Gasteiger partial charge on any atom is -0.399 e. The number of ether oxygens (including phenoxy) is 1. The molecule has 1 aliphatic rings. The van der Waals surface area contributed by atoms with E-state index in [1.165, 1.54) is 12.8 Å². The second kappa shape index (κ2) is 4.64. The summed E-state index contributed by atoms with van der Waals surface area (Å²) in [6, 6.07) is 7.25. The van der Waals surface area contributed by atoms with Crippen molar-refractivity contribution in [3.8, 4) is 0 Å². The van der Waals surface area contributed by atoms with Crippen LogP contribution in [0.2, 0.25) is 0 Å². The van der Waals surface area contributed by atoms with Crippen molar-refractivity contribution in [2.24, 2.45) is 5.92 Å². The first-order chi connectivity index (χ1) is 7.25. The standard InChI is InChI=1S/C12H17NO2/c13-11-5-3-10(4-6-11)12(14)8-15-7-9-1-2-9/h3-6,9,12,14H,1-2,7-8,13H2. The van der Waals surface area contributed by atoms with Crippen LogP contribution in [-0.2, 0) is 4.74 Å². The van der Waals surface area contributed by atoms with E-state index in [2.05, 4.69) is 0 Å². The monoisotopic (exact) mass is 207 g/mol. The third-order valence-electron chi connectivity index (χ3n) is 2.65. The van der Waals surface area contributed by atoms with E-state index in [0.29, 0.717) is 12.3 Å². The number of benzene rings is 1. The lowest BCUT2D eigenvalue weighted by atomic mass is 10.1. The SMILES string of the molecule is Nc1ccc(C(O)COCC2CC2)cc1. The fourth-order valence-corrected chi connectivity index (χ4v) is 1.45. The van der Waals surface area contributed by atoms with E-state index in [9.17, 15) is 5.11 Å². The summed E-state index contributed by atoms with van der Waals surface area (Å²) in [5, 5.41) is 9.78. The Morgan fingerprint density at radius 2 is 2.00 bits per heavy atom. The molecule has 3 nitrogen and oxygen atoms in total. The number of nitrogens with two attached hydrogens (primary N) is 1. The normalized spacial score (nSPS) is 17.7. The van der Waals surface area contributed by atoms with Crippen LogP contribution < -0.4 is 5.73 Å². The Labute approximate surface area is 89.9 Å². The molecule has 1 aromatic rings. The highest BCUT2D eigenvalue weighted by atomic mass is 16.5. The van der Waals surface area contributed by atoms with E-state index in [0.717, 1.165) is 18.1 Å². The second-order valence-electron chi connectivity index (χ2n) is 4.16. The lowest BCUT2D eigenvalue weighted by Crippen LogP contribution is -2.08. The molecule has 0 heterocycles. The summed E-state index contributed by atoms with van der Waals surface area (Å²) >= 11 is 0. The third-order valence-corrected chi connectivity index (χ3v) is 2.65. The van der Waals surface area contributed by atoms with Gasteiger partial charge in [-0.15, -0.1) is 0 Å². The minimum absolute atomic E-state index is 0.375. The van der Waals surface area contributed by atoms with Crippen molar-refractivity contribution in [2.75, 3.05) is 18.9 Å². The maximum Gasteiger partial charge on any atom is 0.102 e. The predicted molar refractivity (Wildman–Crippen MR) is 59.4 cm³/mol. The molecule has 0 aromatic heterocycles. The van der Waals surface area contributed by atoms with Gasteiger partial charge in [-0.25, -0.2) is 0 Å². The maximum atomic E-state index is 9.78. The van der Waals surface area contributed by atoms with Crippen molar-refractivity contribution in [3.05, 3.63) is 29.8 Å². The summed E-state index contributed by atoms with van der Waals surface area (Å²) in [6.45, 7) is 1.16. The summed E-state index contributed by atoms with van der Waals surface area (Å²) in [5.74, 6) is 0.739. The van der Waals surface area contributed by atoms with E-state index in [-0.39, 0.29) is 0 Å². The summed E-state index contributed by atoms with van der Waals surface area (Å²) in [5.41, 5.74) is 7.14. The molecule has 1 atom stereocenters. The number of aliphatic hydroxyl groups is 1. The Morgan fingerprint density at radius 1 is 1.33 bits per heavy atom. The van der Waals surface area contributed by atoms with Gasteiger partial charge in [0, 0.05) is 12.3 Å². The van der Waals surface area contributed by atoms with Gasteiger partial charge in [0.1, 0.15) is 6.10 Å². The molecule has 0 saturated heterocycles. The zero-order valence-electron chi connectivity index (χ0n) is 8.73. The molecule has 0 spiro atoms. The topological polar surface area (TPSA) is 55.5 Å². The van der Waals surface area contributed by atoms with Gasteiger partial charge in [-0.3, -0.25) is 0 Å². The Balaban J connectivity index is 1.78. The van der Waals surface area contributed by atoms with Gasteiger partial charge in [-0.1, -0.05) is 12.1 Å². The van der Waals surface area contributed by atoms with Crippen molar-refractivity contribution >= 4 is 5.69 Å². The molecule has 1 aromatic carbocycles. The largest absolute Gasteiger partial charge is 0.399 e. The van der Waals surface area contributed by atoms with E-state index in [1.807, 2.05) is 12.1 Å². The van der Waals surface area contributed by atoms with Crippen LogP contribution in [0.3, 0.4) is 0 Å². The zero-order valence-corrected chi connectivity index (χ0v) is 8.73. The van der Waals surface area contributed by atoms with Gasteiger partial charge in [0.05, 0.1) is 6.61 Å². The average Bonchev–Trinajstić information content (AvgIpc) is 3.02. The number of anilines is 1. The summed E-state index contributed by atoms with van der Waals surface area (Å²) in [7, 11) is 0. The first-order valence-corrected chi connectivity index (χ1v) is 5.37. The van der Waals surface area contributed by atoms with Gasteiger partial charge < -0.3 is 15.6 Å². The molecule has 0 bridgehead atoms. The highest BCUT2D eigenvalue weighted by Crippen LogP contribution is 2.29. The number of aliphatic hydroxyl groups excluding tert-OH is 1. The Morgan fingerprint density at radius 3 is 2.60 bits per heavy atom. The van der Waals surface area contributed by atoms with Crippen molar-refractivity contribution in [3.63, 3.8) is 0 Å². The molecule has 0 amide bonds. The summed E-state index contributed by atoms with van der Waals surface area (Å²) < 4.78 is 5.42. The van der Waals surface area contributed by atoms with Crippen LogP contribution in [0.25, 0.3) is 0 Å². The highest BCUT2D eigenvalue weighted by molar-refractivity contribution is 5.39. The predicted octanol–water partition coefficient (Wildman–Crippen LogP) is 1.73. The number of nitrogen functional groups attached to an aromatic ring is 1. The van der Waals surface area contributed by atoms with E-state index in [4.69, 9.17) is 10.5 Å². The molecule has 15 heavy (non-hydrogen) atoms. The third kappa shape index (κ3) is 3.22. The molecular weight excluding hydrogens is 190 g/mol. The van der Waals surface area contributed by atoms with Gasteiger partial charge in [-0.2, -0.15) is 0 Å². The lowest BCUT2D eigenvalue weighted by Gasteiger charge is -2.11. The first-order valence-electron chi connectivity index (χ1n) is 5.37. The van der Waals surface area contributed by atoms with Gasteiger partial charge in [0.15, 0.2) is 0 Å². The van der Waals surface area contributed by atoms with Crippen molar-refractivity contribution in [1.29, 1.82) is 0 Å². The second-order valence-corrected chi connectivity index (χ2v) is 4.16. The molecule has 3 N–H and O–H groups in total. The van der Waals surface area contributed by atoms with Gasteiger partial charge in [-0.05, 0) is 36.5 Å². The number of rotatable bonds is 5. The van der Waals surface area contributed by atoms with Crippen LogP contribution >= 0.6 is 0 Å². The maximum absolute atomic E-state index is 9.78. The molecule has 1 saturated carbocycles. The highest BCUT2D eigenvalue weighted by Gasteiger charge is 2.21. The van der Waals surface area contributed by atoms with E-state index >= 15 is 0 Å². The Hall–Kier alpha value is -1.06. The van der Waals surface area contributed by atoms with Crippen molar-refractivity contribution in [2.45, 2.75) is 18.9 Å². The van der Waals surface area contributed by atoms with Crippen LogP contribution in [0, 0.1) is 5.92 Å². The molecule has 82 valence electrons. The van der Waals surface area contributed by atoms with Crippen LogP contribution in [0.15, 0.2) is 24.3 Å². The Kier molecular flexibility index (Phi) is 3.23. The summed E-state index contributed by atoms with van der Waals surface area (Å²) in [4.78, 5) is 0. The zero-order chi connectivity index (χ0) is 10.7. The summed E-state index contributed by atoms with van der Waals surface area (Å²) in [6.07, 6.45) is 2.01. The fraction of sp³-hybridized carbons (Fsp3) is 0.500. The fourth-order valence-electron chi connectivity index (χ4n) is 1.45. The molecule has 3 heteroatoms. The average molecular weight is 207 g/mol. The molecular formula is C12H17NO2. The van der Waals surface area contributed by atoms with Crippen molar-refractivity contribution < 1.29 is 9.84 Å². The van der Waals surface area contributed by atoms with Crippen LogP contribution in [0.1, 0.15) is 24.5 Å². The molecule has 0 radical (unpaired) electrons. The van der Waals surface area contributed by atoms with Gasteiger partial charge >= 0.3 is 0 Å². The number of hydrogen-bond acceptors (Lipinski definition) is 3. The lowest BCUT2D eigenvalue weighted by molar-refractivity contribution is 0.0315. The van der Waals surface area contributed by atoms with E-state index in [1.54, 1.807) is 12.1 Å². The molecule has 2 rings (SSSR count). The van der Waals surface area contributed by atoms with Crippen LogP contribution in [-0.4, -0.2) is 18.3 Å². The molecule has 1 unspecified atom stereocenters. The number of hydrogen-bond donors (Lipinski definition) is 2. The van der Waals surface area contributed by atoms with Crippen molar-refractivity contribution in [1.82, 2.24) is 0 Å².